The molecular weight excluding hydrogens is 462 g/mol. The molecule has 0 saturated heterocycles. The van der Waals surface area contributed by atoms with E-state index in [9.17, 15) is 9.90 Å². The number of anilines is 1. The Hall–Kier alpha value is -4.71. The quantitative estimate of drug-likeness (QED) is 0.275. The first-order valence-electron chi connectivity index (χ1n) is 12.2. The number of aromatic nitrogens is 2. The van der Waals surface area contributed by atoms with Crippen molar-refractivity contribution in [2.75, 3.05) is 5.73 Å². The largest absolute Gasteiger partial charge is 0.481 e. The third-order valence-electron chi connectivity index (χ3n) is 7.25. The van der Waals surface area contributed by atoms with E-state index in [1.54, 1.807) is 6.20 Å². The van der Waals surface area contributed by atoms with Crippen LogP contribution in [0.2, 0.25) is 0 Å². The van der Waals surface area contributed by atoms with E-state index in [1.807, 2.05) is 91.9 Å². The highest BCUT2D eigenvalue weighted by Gasteiger charge is 2.51. The number of nitrogens with zero attached hydrogens (tertiary/aromatic N) is 2. The molecule has 6 rings (SSSR count). The molecule has 0 amide bonds. The molecule has 2 aromatic heterocycles. The lowest BCUT2D eigenvalue weighted by Crippen LogP contribution is -2.19. The summed E-state index contributed by atoms with van der Waals surface area (Å²) in [4.78, 5) is 16.2. The molecule has 3 aromatic carbocycles. The first kappa shape index (κ1) is 22.7. The summed E-state index contributed by atoms with van der Waals surface area (Å²) in [7, 11) is 0. The monoisotopic (exact) mass is 487 g/mol. The zero-order valence-corrected chi connectivity index (χ0v) is 20.3. The van der Waals surface area contributed by atoms with Crippen LogP contribution in [0.5, 0.6) is 0 Å². The fraction of sp³-hybridized carbons (Fsp3) is 0.129. The second-order valence-corrected chi connectivity index (χ2v) is 9.50. The van der Waals surface area contributed by atoms with Gasteiger partial charge in [0.05, 0.1) is 28.1 Å². The van der Waals surface area contributed by atoms with Crippen molar-refractivity contribution in [2.24, 2.45) is 0 Å². The Kier molecular flexibility index (Phi) is 5.37. The molecule has 1 aliphatic rings. The van der Waals surface area contributed by atoms with Gasteiger partial charge >= 0.3 is 5.97 Å². The molecule has 5 aromatic rings. The predicted molar refractivity (Wildman–Crippen MR) is 144 cm³/mol. The Morgan fingerprint density at radius 3 is 2.11 bits per heavy atom. The minimum absolute atomic E-state index is 0.577. The first-order valence-corrected chi connectivity index (χ1v) is 12.2. The summed E-state index contributed by atoms with van der Waals surface area (Å²) in [5.41, 5.74) is 14.3. The average Bonchev–Trinajstić information content (AvgIpc) is 3.67. The highest BCUT2D eigenvalue weighted by Crippen LogP contribution is 2.48. The number of benzene rings is 3. The van der Waals surface area contributed by atoms with E-state index in [2.05, 4.69) is 10.1 Å². The normalized spacial score (nSPS) is 13.9. The Balaban J connectivity index is 1.33. The third-order valence-corrected chi connectivity index (χ3v) is 7.25. The Morgan fingerprint density at radius 1 is 0.865 bits per heavy atom. The predicted octanol–water partition coefficient (Wildman–Crippen LogP) is 6.74. The van der Waals surface area contributed by atoms with Gasteiger partial charge in [0.15, 0.2) is 5.76 Å². The van der Waals surface area contributed by atoms with Crippen LogP contribution in [0.3, 0.4) is 0 Å². The van der Waals surface area contributed by atoms with Crippen molar-refractivity contribution in [2.45, 2.75) is 25.2 Å². The highest BCUT2D eigenvalue weighted by molar-refractivity contribution is 5.92. The van der Waals surface area contributed by atoms with Gasteiger partial charge in [-0.3, -0.25) is 9.78 Å². The van der Waals surface area contributed by atoms with Gasteiger partial charge in [0.2, 0.25) is 0 Å². The number of hydrogen-bond acceptors (Lipinski definition) is 5. The second kappa shape index (κ2) is 8.75. The second-order valence-electron chi connectivity index (χ2n) is 9.50. The number of pyridine rings is 1. The molecule has 0 aliphatic heterocycles. The summed E-state index contributed by atoms with van der Waals surface area (Å²) >= 11 is 0. The van der Waals surface area contributed by atoms with Gasteiger partial charge in [0.1, 0.15) is 0 Å². The van der Waals surface area contributed by atoms with Crippen LogP contribution < -0.4 is 5.73 Å². The van der Waals surface area contributed by atoms with Crippen molar-refractivity contribution in [3.05, 3.63) is 102 Å². The van der Waals surface area contributed by atoms with Crippen LogP contribution >= 0.6 is 0 Å². The van der Waals surface area contributed by atoms with E-state index in [0.717, 1.165) is 38.9 Å². The maximum atomic E-state index is 11.6. The molecule has 0 atom stereocenters. The average molecular weight is 488 g/mol. The number of carbonyl (C=O) groups is 1. The molecular formula is C31H25N3O3. The number of hydrogen-bond donors (Lipinski definition) is 2. The molecule has 1 fully saturated rings. The van der Waals surface area contributed by atoms with Gasteiger partial charge in [-0.1, -0.05) is 84.0 Å². The maximum Gasteiger partial charge on any atom is 0.314 e. The number of aliphatic carboxylic acids is 1. The zero-order chi connectivity index (χ0) is 25.6. The Bertz CT molecular complexity index is 1600. The summed E-state index contributed by atoms with van der Waals surface area (Å²) in [5, 5.41) is 13.8. The summed E-state index contributed by atoms with van der Waals surface area (Å²) in [5.74, 6) is -0.131. The van der Waals surface area contributed by atoms with E-state index in [4.69, 9.17) is 10.3 Å². The minimum Gasteiger partial charge on any atom is -0.481 e. The van der Waals surface area contributed by atoms with E-state index in [0.29, 0.717) is 35.7 Å². The molecule has 0 spiro atoms. The fourth-order valence-electron chi connectivity index (χ4n) is 4.93. The van der Waals surface area contributed by atoms with Gasteiger partial charge in [-0.25, -0.2) is 0 Å². The summed E-state index contributed by atoms with van der Waals surface area (Å²) in [6, 6.07) is 27.7. The van der Waals surface area contributed by atoms with E-state index < -0.39 is 11.4 Å². The van der Waals surface area contributed by atoms with Crippen LogP contribution in [0, 0.1) is 6.92 Å². The number of rotatable bonds is 6. The molecule has 6 heteroatoms. The van der Waals surface area contributed by atoms with Crippen LogP contribution in [0.15, 0.2) is 95.6 Å². The summed E-state index contributed by atoms with van der Waals surface area (Å²) in [6.45, 7) is 1.89. The van der Waals surface area contributed by atoms with Gasteiger partial charge in [-0.15, -0.1) is 0 Å². The van der Waals surface area contributed by atoms with Crippen LogP contribution in [0.25, 0.3) is 44.8 Å². The molecule has 0 bridgehead atoms. The SMILES string of the molecule is Cc1noc(-c2ccc(-c3ccc(C4(C(=O)O)CC4)cc3)cc2)c1-c1nccc(-c2ccccc2)c1N. The Morgan fingerprint density at radius 2 is 1.49 bits per heavy atom. The van der Waals surface area contributed by atoms with Crippen molar-refractivity contribution in [3.63, 3.8) is 0 Å². The van der Waals surface area contributed by atoms with Crippen molar-refractivity contribution in [3.8, 4) is 44.8 Å². The molecule has 1 saturated carbocycles. The highest BCUT2D eigenvalue weighted by atomic mass is 16.5. The molecule has 37 heavy (non-hydrogen) atoms. The molecule has 6 nitrogen and oxygen atoms in total. The first-order chi connectivity index (χ1) is 18.0. The fourth-order valence-corrected chi connectivity index (χ4v) is 4.93. The van der Waals surface area contributed by atoms with Gasteiger partial charge in [0, 0.05) is 17.3 Å². The van der Waals surface area contributed by atoms with Crippen molar-refractivity contribution in [1.29, 1.82) is 0 Å². The van der Waals surface area contributed by atoms with Crippen molar-refractivity contribution in [1.82, 2.24) is 10.1 Å². The smallest absolute Gasteiger partial charge is 0.314 e. The summed E-state index contributed by atoms with van der Waals surface area (Å²) in [6.07, 6.45) is 3.15. The maximum absolute atomic E-state index is 11.6. The lowest BCUT2D eigenvalue weighted by Gasteiger charge is -2.12. The molecule has 3 N–H and O–H groups in total. The van der Waals surface area contributed by atoms with E-state index >= 15 is 0 Å². The van der Waals surface area contributed by atoms with Crippen molar-refractivity contribution < 1.29 is 14.4 Å². The van der Waals surface area contributed by atoms with E-state index in [-0.39, 0.29) is 0 Å². The van der Waals surface area contributed by atoms with Gasteiger partial charge in [-0.05, 0) is 48.1 Å². The topological polar surface area (TPSA) is 102 Å². The molecule has 182 valence electrons. The van der Waals surface area contributed by atoms with Crippen LogP contribution in [0.1, 0.15) is 24.1 Å². The van der Waals surface area contributed by atoms with Crippen molar-refractivity contribution >= 4 is 11.7 Å². The molecule has 1 aliphatic carbocycles. The lowest BCUT2D eigenvalue weighted by molar-refractivity contribution is -0.140. The molecule has 2 heterocycles. The van der Waals surface area contributed by atoms with Gasteiger partial charge in [-0.2, -0.15) is 0 Å². The number of nitrogens with two attached hydrogens (primary N) is 1. The van der Waals surface area contributed by atoms with E-state index in [1.165, 1.54) is 0 Å². The van der Waals surface area contributed by atoms with Crippen LogP contribution in [-0.4, -0.2) is 21.2 Å². The number of carboxylic acids is 1. The standard InChI is InChI=1S/C31H25N3O3/c1-19-26(28-27(32)25(15-18-33-28)22-5-3-2-4-6-22)29(37-34-19)23-9-7-20(8-10-23)21-11-13-24(14-12-21)31(16-17-31)30(35)36/h2-15,18H,16-17,32H2,1H3,(H,35,36). The third kappa shape index (κ3) is 3.87. The number of nitrogen functional groups attached to an aromatic ring is 1. The lowest BCUT2D eigenvalue weighted by atomic mass is 9.93. The zero-order valence-electron chi connectivity index (χ0n) is 20.3. The van der Waals surface area contributed by atoms with Gasteiger partial charge in [0.25, 0.3) is 0 Å². The van der Waals surface area contributed by atoms with Gasteiger partial charge < -0.3 is 15.4 Å². The Labute approximate surface area is 214 Å². The minimum atomic E-state index is -0.743. The summed E-state index contributed by atoms with van der Waals surface area (Å²) < 4.78 is 5.76. The molecule has 0 unspecified atom stereocenters. The number of carboxylic acid groups (broad SMARTS) is 1. The molecule has 0 radical (unpaired) electrons. The van der Waals surface area contributed by atoms with Crippen LogP contribution in [0.4, 0.5) is 5.69 Å². The van der Waals surface area contributed by atoms with Crippen LogP contribution in [-0.2, 0) is 10.2 Å². The number of aryl methyl sites for hydroxylation is 1.